The van der Waals surface area contributed by atoms with Crippen LogP contribution in [0.4, 0.5) is 10.1 Å². The maximum atomic E-state index is 13.7. The van der Waals surface area contributed by atoms with Crippen molar-refractivity contribution >= 4 is 33.4 Å². The van der Waals surface area contributed by atoms with Gasteiger partial charge in [0.05, 0.1) is 0 Å². The van der Waals surface area contributed by atoms with Crippen LogP contribution in [0.15, 0.2) is 18.2 Å². The van der Waals surface area contributed by atoms with Gasteiger partial charge < -0.3 is 4.90 Å². The van der Waals surface area contributed by atoms with Gasteiger partial charge >= 0.3 is 0 Å². The lowest BCUT2D eigenvalue weighted by molar-refractivity contribution is 0.612. The van der Waals surface area contributed by atoms with E-state index in [1.54, 1.807) is 6.07 Å². The summed E-state index contributed by atoms with van der Waals surface area (Å²) in [6.07, 6.45) is 3.17. The first-order valence-electron chi connectivity index (χ1n) is 5.70. The summed E-state index contributed by atoms with van der Waals surface area (Å²) in [5.74, 6) is 0.927. The monoisotopic (exact) mass is 319 g/mol. The van der Waals surface area contributed by atoms with E-state index in [1.807, 2.05) is 24.9 Å². The molecular weight excluding hydrogens is 301 g/mol. The SMILES string of the molecule is CCC(CSC)N(C)c1cccc(F)c1CBr. The molecule has 0 aromatic heterocycles. The van der Waals surface area contributed by atoms with Crippen LogP contribution in [0.2, 0.25) is 0 Å². The molecule has 0 spiro atoms. The molecule has 0 bridgehead atoms. The molecule has 1 rings (SSSR count). The van der Waals surface area contributed by atoms with Crippen molar-refractivity contribution in [2.45, 2.75) is 24.7 Å². The maximum Gasteiger partial charge on any atom is 0.129 e. The van der Waals surface area contributed by atoms with Crippen molar-refractivity contribution in [3.8, 4) is 0 Å². The Bertz CT molecular complexity index is 359. The maximum absolute atomic E-state index is 13.7. The fraction of sp³-hybridized carbons (Fsp3) is 0.538. The number of nitrogens with zero attached hydrogens (tertiary/aromatic N) is 1. The van der Waals surface area contributed by atoms with E-state index in [9.17, 15) is 4.39 Å². The Morgan fingerprint density at radius 2 is 2.18 bits per heavy atom. The molecule has 0 aliphatic carbocycles. The first kappa shape index (κ1) is 14.8. The molecule has 0 amide bonds. The Hall–Kier alpha value is -0.220. The Kier molecular flexibility index (Phi) is 6.34. The van der Waals surface area contributed by atoms with Crippen molar-refractivity contribution in [3.63, 3.8) is 0 Å². The van der Waals surface area contributed by atoms with Gasteiger partial charge in [-0.2, -0.15) is 11.8 Å². The summed E-state index contributed by atoms with van der Waals surface area (Å²) < 4.78 is 13.7. The van der Waals surface area contributed by atoms with Gasteiger partial charge in [-0.1, -0.05) is 28.9 Å². The van der Waals surface area contributed by atoms with E-state index in [2.05, 4.69) is 34.0 Å². The second-order valence-electron chi connectivity index (χ2n) is 4.00. The molecule has 0 aliphatic heterocycles. The Morgan fingerprint density at radius 1 is 1.47 bits per heavy atom. The molecule has 1 nitrogen and oxygen atoms in total. The Labute approximate surface area is 116 Å². The number of anilines is 1. The summed E-state index contributed by atoms with van der Waals surface area (Å²) in [6.45, 7) is 2.17. The molecule has 1 aromatic rings. The highest BCUT2D eigenvalue weighted by atomic mass is 79.9. The zero-order chi connectivity index (χ0) is 12.8. The molecular formula is C13H19BrFNS. The summed E-state index contributed by atoms with van der Waals surface area (Å²) in [5.41, 5.74) is 1.73. The van der Waals surface area contributed by atoms with Crippen LogP contribution in [0.5, 0.6) is 0 Å². The van der Waals surface area contributed by atoms with E-state index in [0.717, 1.165) is 23.4 Å². The van der Waals surface area contributed by atoms with Crippen molar-refractivity contribution < 1.29 is 4.39 Å². The number of hydrogen-bond acceptors (Lipinski definition) is 2. The van der Waals surface area contributed by atoms with Crippen LogP contribution in [0.25, 0.3) is 0 Å². The van der Waals surface area contributed by atoms with Crippen LogP contribution in [0.1, 0.15) is 18.9 Å². The zero-order valence-corrected chi connectivity index (χ0v) is 12.9. The number of halogens is 2. The summed E-state index contributed by atoms with van der Waals surface area (Å²) in [4.78, 5) is 2.19. The predicted molar refractivity (Wildman–Crippen MR) is 79.9 cm³/mol. The average Bonchev–Trinajstić information content (AvgIpc) is 2.34. The smallest absolute Gasteiger partial charge is 0.129 e. The van der Waals surface area contributed by atoms with Crippen molar-refractivity contribution in [3.05, 3.63) is 29.6 Å². The van der Waals surface area contributed by atoms with Gasteiger partial charge in [0.1, 0.15) is 5.82 Å². The summed E-state index contributed by atoms with van der Waals surface area (Å²) in [5, 5.41) is 0.551. The van der Waals surface area contributed by atoms with Gasteiger partial charge in [-0.3, -0.25) is 0 Å². The van der Waals surface area contributed by atoms with Gasteiger partial charge in [0, 0.05) is 35.4 Å². The van der Waals surface area contributed by atoms with Crippen LogP contribution >= 0.6 is 27.7 Å². The van der Waals surface area contributed by atoms with Crippen molar-refractivity contribution in [1.82, 2.24) is 0 Å². The lowest BCUT2D eigenvalue weighted by atomic mass is 10.1. The minimum Gasteiger partial charge on any atom is -0.370 e. The Balaban J connectivity index is 3.01. The lowest BCUT2D eigenvalue weighted by Crippen LogP contribution is -2.33. The van der Waals surface area contributed by atoms with E-state index in [-0.39, 0.29) is 5.82 Å². The third kappa shape index (κ3) is 3.62. The molecule has 0 fully saturated rings. The fourth-order valence-electron chi connectivity index (χ4n) is 1.90. The minimum atomic E-state index is -0.134. The van der Waals surface area contributed by atoms with Gasteiger partial charge in [-0.05, 0) is 24.8 Å². The van der Waals surface area contributed by atoms with Crippen molar-refractivity contribution in [1.29, 1.82) is 0 Å². The molecule has 1 aromatic carbocycles. The summed E-state index contributed by atoms with van der Waals surface area (Å²) in [7, 11) is 2.05. The third-order valence-corrected chi connectivity index (χ3v) is 4.26. The van der Waals surface area contributed by atoms with Gasteiger partial charge in [0.2, 0.25) is 0 Å². The van der Waals surface area contributed by atoms with Crippen LogP contribution in [-0.2, 0) is 5.33 Å². The van der Waals surface area contributed by atoms with Crippen LogP contribution in [0.3, 0.4) is 0 Å². The molecule has 4 heteroatoms. The average molecular weight is 320 g/mol. The van der Waals surface area contributed by atoms with E-state index >= 15 is 0 Å². The molecule has 0 radical (unpaired) electrons. The van der Waals surface area contributed by atoms with Gasteiger partial charge in [0.15, 0.2) is 0 Å². The lowest BCUT2D eigenvalue weighted by Gasteiger charge is -2.30. The second-order valence-corrected chi connectivity index (χ2v) is 5.47. The number of thioether (sulfide) groups is 1. The number of hydrogen-bond donors (Lipinski definition) is 0. The quantitative estimate of drug-likeness (QED) is 0.719. The largest absolute Gasteiger partial charge is 0.370 e. The highest BCUT2D eigenvalue weighted by molar-refractivity contribution is 9.08. The molecule has 0 heterocycles. The highest BCUT2D eigenvalue weighted by Gasteiger charge is 2.17. The van der Waals surface area contributed by atoms with Crippen LogP contribution < -0.4 is 4.90 Å². The molecule has 1 atom stereocenters. The first-order chi connectivity index (χ1) is 8.15. The number of benzene rings is 1. The van der Waals surface area contributed by atoms with Gasteiger partial charge in [-0.15, -0.1) is 0 Å². The van der Waals surface area contributed by atoms with Crippen LogP contribution in [0, 0.1) is 5.82 Å². The molecule has 0 saturated carbocycles. The standard InChI is InChI=1S/C13H19BrFNS/c1-4-10(9-17-3)16(2)13-7-5-6-12(15)11(13)8-14/h5-7,10H,4,8-9H2,1-3H3. The summed E-state index contributed by atoms with van der Waals surface area (Å²) >= 11 is 5.19. The van der Waals surface area contributed by atoms with E-state index in [0.29, 0.717) is 11.4 Å². The molecule has 0 N–H and O–H groups in total. The second kappa shape index (κ2) is 7.27. The highest BCUT2D eigenvalue weighted by Crippen LogP contribution is 2.27. The molecule has 1 unspecified atom stereocenters. The van der Waals surface area contributed by atoms with Crippen LogP contribution in [-0.4, -0.2) is 25.1 Å². The van der Waals surface area contributed by atoms with Gasteiger partial charge in [-0.25, -0.2) is 4.39 Å². The fourth-order valence-corrected chi connectivity index (χ4v) is 3.30. The molecule has 96 valence electrons. The summed E-state index contributed by atoms with van der Waals surface area (Å²) in [6, 6.07) is 5.73. The first-order valence-corrected chi connectivity index (χ1v) is 8.22. The van der Waals surface area contributed by atoms with E-state index in [1.165, 1.54) is 6.07 Å². The third-order valence-electron chi connectivity index (χ3n) is 2.99. The normalized spacial score (nSPS) is 12.5. The molecule has 0 saturated heterocycles. The number of alkyl halides is 1. The molecule has 0 aliphatic rings. The van der Waals surface area contributed by atoms with Crippen molar-refractivity contribution in [2.24, 2.45) is 0 Å². The predicted octanol–water partition coefficient (Wildman–Crippen LogP) is 4.30. The van der Waals surface area contributed by atoms with Gasteiger partial charge in [0.25, 0.3) is 0 Å². The zero-order valence-electron chi connectivity index (χ0n) is 10.5. The molecule has 17 heavy (non-hydrogen) atoms. The minimum absolute atomic E-state index is 0.134. The topological polar surface area (TPSA) is 3.24 Å². The number of rotatable bonds is 6. The van der Waals surface area contributed by atoms with E-state index in [4.69, 9.17) is 0 Å². The Morgan fingerprint density at radius 3 is 2.71 bits per heavy atom. The van der Waals surface area contributed by atoms with Crippen molar-refractivity contribution in [2.75, 3.05) is 24.0 Å². The van der Waals surface area contributed by atoms with E-state index < -0.39 is 0 Å².